The van der Waals surface area contributed by atoms with Gasteiger partial charge in [-0.15, -0.1) is 11.3 Å². The van der Waals surface area contributed by atoms with Gasteiger partial charge in [0.05, 0.1) is 33.5 Å². The van der Waals surface area contributed by atoms with Gasteiger partial charge in [-0.05, 0) is 70.1 Å². The normalized spacial score (nSPS) is 12.1. The van der Waals surface area contributed by atoms with Crippen LogP contribution in [0.15, 0.2) is 192 Å². The van der Waals surface area contributed by atoms with Crippen LogP contribution < -0.4 is 0 Å². The molecule has 0 N–H and O–H groups in total. The Bertz CT molecular complexity index is 3860. The quantitative estimate of drug-likeness (QED) is 0.179. The number of rotatable bonds is 4. The summed E-state index contributed by atoms with van der Waals surface area (Å²) in [6.07, 6.45) is 0. The highest BCUT2D eigenvalue weighted by molar-refractivity contribution is 7.26. The molecule has 0 bridgehead atoms. The molecule has 0 saturated heterocycles. The third-order valence-electron chi connectivity index (χ3n) is 12.0. The van der Waals surface area contributed by atoms with E-state index in [1.165, 1.54) is 47.1 Å². The molecule has 0 unspecified atom stereocenters. The van der Waals surface area contributed by atoms with Crippen molar-refractivity contribution in [3.8, 4) is 39.6 Å². The van der Waals surface area contributed by atoms with Crippen LogP contribution in [-0.4, -0.2) is 14.5 Å². The van der Waals surface area contributed by atoms with Crippen LogP contribution in [0.3, 0.4) is 0 Å². The van der Waals surface area contributed by atoms with Gasteiger partial charge in [0, 0.05) is 53.0 Å². The molecule has 0 radical (unpaired) electrons. The molecule has 59 heavy (non-hydrogen) atoms. The molecule has 0 saturated carbocycles. The van der Waals surface area contributed by atoms with Gasteiger partial charge >= 0.3 is 0 Å². The largest absolute Gasteiger partial charge is 0.456 e. The maximum Gasteiger partial charge on any atom is 0.160 e. The number of thiophene rings is 1. The number of furan rings is 1. The Morgan fingerprint density at radius 3 is 1.95 bits per heavy atom. The smallest absolute Gasteiger partial charge is 0.160 e. The molecule has 0 atom stereocenters. The summed E-state index contributed by atoms with van der Waals surface area (Å²) in [6, 6.07) is 67.1. The average Bonchev–Trinajstić information content (AvgIpc) is 3.97. The van der Waals surface area contributed by atoms with Crippen LogP contribution in [0.5, 0.6) is 0 Å². The van der Waals surface area contributed by atoms with E-state index in [-0.39, 0.29) is 0 Å². The van der Waals surface area contributed by atoms with Crippen LogP contribution >= 0.6 is 11.3 Å². The van der Waals surface area contributed by atoms with E-state index in [2.05, 4.69) is 187 Å². The van der Waals surface area contributed by atoms with E-state index in [0.29, 0.717) is 5.82 Å². The van der Waals surface area contributed by atoms with Crippen LogP contribution in [-0.2, 0) is 0 Å². The topological polar surface area (TPSA) is 43.9 Å². The second kappa shape index (κ2) is 12.4. The van der Waals surface area contributed by atoms with Crippen LogP contribution in [0, 0.1) is 0 Å². The molecule has 4 heterocycles. The lowest BCUT2D eigenvalue weighted by atomic mass is 9.99. The number of aromatic nitrogens is 3. The molecule has 13 rings (SSSR count). The van der Waals surface area contributed by atoms with Gasteiger partial charge in [0.15, 0.2) is 5.82 Å². The lowest BCUT2D eigenvalue weighted by Crippen LogP contribution is -1.99. The van der Waals surface area contributed by atoms with Gasteiger partial charge < -0.3 is 8.98 Å². The molecular weight excluding hydrogens is 739 g/mol. The molecule has 0 amide bonds. The second-order valence-electron chi connectivity index (χ2n) is 15.3. The van der Waals surface area contributed by atoms with Crippen LogP contribution in [0.2, 0.25) is 0 Å². The Hall–Kier alpha value is -7.60. The Morgan fingerprint density at radius 2 is 1.07 bits per heavy atom. The summed E-state index contributed by atoms with van der Waals surface area (Å²) in [7, 11) is 0. The first-order valence-corrected chi connectivity index (χ1v) is 20.7. The maximum atomic E-state index is 6.76. The highest BCUT2D eigenvalue weighted by Crippen LogP contribution is 2.44. The summed E-state index contributed by atoms with van der Waals surface area (Å²) in [5, 5.41) is 11.8. The van der Waals surface area contributed by atoms with Crippen LogP contribution in [0.4, 0.5) is 0 Å². The first-order chi connectivity index (χ1) is 29.2. The Morgan fingerprint density at radius 1 is 0.424 bits per heavy atom. The fourth-order valence-corrected chi connectivity index (χ4v) is 10.5. The van der Waals surface area contributed by atoms with E-state index in [1.807, 2.05) is 17.4 Å². The summed E-state index contributed by atoms with van der Waals surface area (Å²) in [5.41, 5.74) is 9.71. The molecule has 5 heteroatoms. The zero-order valence-corrected chi connectivity index (χ0v) is 32.4. The molecule has 0 aliphatic rings. The van der Waals surface area contributed by atoms with E-state index in [9.17, 15) is 0 Å². The summed E-state index contributed by atoms with van der Waals surface area (Å²) in [4.78, 5) is 11.0. The van der Waals surface area contributed by atoms with Crippen molar-refractivity contribution in [3.05, 3.63) is 188 Å². The molecule has 9 aromatic carbocycles. The number of nitrogens with zero attached hydrogens (tertiary/aromatic N) is 3. The van der Waals surface area contributed by atoms with E-state index < -0.39 is 0 Å². The molecule has 0 spiro atoms. The SMILES string of the molecule is c1ccc2cc3c(cc2c1)c1ccccc1n3-c1cc(-c2nc(-c3cccc4ccccc34)cc(-c3cccc4c3sc3ccccc34)n2)cc2oc3ccccc3c12. The van der Waals surface area contributed by atoms with E-state index in [1.54, 1.807) is 0 Å². The van der Waals surface area contributed by atoms with E-state index >= 15 is 0 Å². The maximum absolute atomic E-state index is 6.76. The minimum atomic E-state index is 0.637. The molecule has 274 valence electrons. The first-order valence-electron chi connectivity index (χ1n) is 19.9. The summed E-state index contributed by atoms with van der Waals surface area (Å²) >= 11 is 1.82. The predicted molar refractivity (Wildman–Crippen MR) is 248 cm³/mol. The van der Waals surface area contributed by atoms with Gasteiger partial charge in [-0.1, -0.05) is 140 Å². The lowest BCUT2D eigenvalue weighted by Gasteiger charge is -2.14. The van der Waals surface area contributed by atoms with Gasteiger partial charge in [-0.2, -0.15) is 0 Å². The first kappa shape index (κ1) is 32.5. The van der Waals surface area contributed by atoms with Crippen LogP contribution in [0.1, 0.15) is 0 Å². The minimum absolute atomic E-state index is 0.637. The second-order valence-corrected chi connectivity index (χ2v) is 16.4. The average molecular weight is 770 g/mol. The number of benzene rings is 9. The highest BCUT2D eigenvalue weighted by Gasteiger charge is 2.22. The Kier molecular flexibility index (Phi) is 6.85. The Labute approximate surface area is 341 Å². The van der Waals surface area contributed by atoms with Crippen molar-refractivity contribution in [2.24, 2.45) is 0 Å². The molecule has 0 aliphatic carbocycles. The van der Waals surface area contributed by atoms with Crippen molar-refractivity contribution in [2.75, 3.05) is 0 Å². The summed E-state index contributed by atoms with van der Waals surface area (Å²) in [5.74, 6) is 0.637. The fraction of sp³-hybridized carbons (Fsp3) is 0. The number of para-hydroxylation sites is 2. The van der Waals surface area contributed by atoms with E-state index in [0.717, 1.165) is 72.1 Å². The van der Waals surface area contributed by atoms with Crippen molar-refractivity contribution in [3.63, 3.8) is 0 Å². The predicted octanol–water partition coefficient (Wildman–Crippen LogP) is 15.1. The molecule has 4 aromatic heterocycles. The van der Waals surface area contributed by atoms with Gasteiger partial charge in [0.25, 0.3) is 0 Å². The van der Waals surface area contributed by atoms with Gasteiger partial charge in [0.1, 0.15) is 11.2 Å². The number of hydrogen-bond donors (Lipinski definition) is 0. The van der Waals surface area contributed by atoms with Crippen molar-refractivity contribution < 1.29 is 4.42 Å². The molecular formula is C54H31N3OS. The summed E-state index contributed by atoms with van der Waals surface area (Å²) in [6.45, 7) is 0. The molecule has 13 aromatic rings. The third kappa shape index (κ3) is 4.89. The van der Waals surface area contributed by atoms with Crippen molar-refractivity contribution in [1.29, 1.82) is 0 Å². The van der Waals surface area contributed by atoms with Crippen molar-refractivity contribution >= 4 is 96.8 Å². The van der Waals surface area contributed by atoms with Gasteiger partial charge in [-0.3, -0.25) is 0 Å². The third-order valence-corrected chi connectivity index (χ3v) is 13.2. The zero-order valence-electron chi connectivity index (χ0n) is 31.6. The summed E-state index contributed by atoms with van der Waals surface area (Å²) < 4.78 is 11.7. The molecule has 4 nitrogen and oxygen atoms in total. The van der Waals surface area contributed by atoms with Crippen molar-refractivity contribution in [1.82, 2.24) is 14.5 Å². The number of hydrogen-bond acceptors (Lipinski definition) is 4. The molecule has 0 fully saturated rings. The van der Waals surface area contributed by atoms with Gasteiger partial charge in [0.2, 0.25) is 0 Å². The van der Waals surface area contributed by atoms with Gasteiger partial charge in [-0.25, -0.2) is 9.97 Å². The highest BCUT2D eigenvalue weighted by atomic mass is 32.1. The molecule has 0 aliphatic heterocycles. The minimum Gasteiger partial charge on any atom is -0.456 e. The van der Waals surface area contributed by atoms with Crippen molar-refractivity contribution in [2.45, 2.75) is 0 Å². The van der Waals surface area contributed by atoms with Crippen LogP contribution in [0.25, 0.3) is 125 Å². The van der Waals surface area contributed by atoms with E-state index in [4.69, 9.17) is 14.4 Å². The lowest BCUT2D eigenvalue weighted by molar-refractivity contribution is 0.669. The fourth-order valence-electron chi connectivity index (χ4n) is 9.30. The Balaban J connectivity index is 1.14. The zero-order chi connectivity index (χ0) is 38.6. The number of fused-ring (bicyclic) bond motifs is 11. The monoisotopic (exact) mass is 769 g/mol. The standard InChI is InChI=1S/C54H31N3OS/c1-2-15-34-28-47-43(27-33(34)14-1)38-18-5-8-24-46(38)57(47)48-29-35(30-50-52(48)42-20-6-9-25-49(42)58-50)54-55-44(37-21-11-16-32-13-3-4-17-36(32)37)31-45(56-54)41-23-12-22-40-39-19-7-10-26-51(39)59-53(40)41/h1-31H.